The van der Waals surface area contributed by atoms with Crippen molar-refractivity contribution in [3.8, 4) is 0 Å². The molecule has 0 saturated heterocycles. The highest BCUT2D eigenvalue weighted by Crippen LogP contribution is 2.30. The van der Waals surface area contributed by atoms with Crippen LogP contribution in [0.1, 0.15) is 19.5 Å². The number of hydrogen-bond acceptors (Lipinski definition) is 2. The van der Waals surface area contributed by atoms with Gasteiger partial charge in [-0.1, -0.05) is 18.2 Å². The Morgan fingerprint density at radius 2 is 1.95 bits per heavy atom. The summed E-state index contributed by atoms with van der Waals surface area (Å²) in [6, 6.07) is 8.03. The molecule has 0 bridgehead atoms. The predicted molar refractivity (Wildman–Crippen MR) is 79.6 cm³/mol. The Bertz CT molecular complexity index is 613. The minimum absolute atomic E-state index is 0.0443. The van der Waals surface area contributed by atoms with Crippen LogP contribution in [0.4, 0.5) is 5.69 Å². The molecule has 0 atom stereocenters. The first-order valence-corrected chi connectivity index (χ1v) is 6.43. The Kier molecular flexibility index (Phi) is 3.37. The lowest BCUT2D eigenvalue weighted by Gasteiger charge is -2.29. The molecule has 1 heterocycles. The lowest BCUT2D eigenvalue weighted by molar-refractivity contribution is -0.123. The van der Waals surface area contributed by atoms with Gasteiger partial charge in [-0.05, 0) is 33.9 Å². The number of aryl methyl sites for hydroxylation is 1. The molecule has 0 radical (unpaired) electrons. The van der Waals surface area contributed by atoms with Crippen LogP contribution in [0.3, 0.4) is 0 Å². The highest BCUT2D eigenvalue weighted by Gasteiger charge is 2.30. The fourth-order valence-electron chi connectivity index (χ4n) is 2.32. The molecule has 0 unspecified atom stereocenters. The maximum Gasteiger partial charge on any atom is 0.246 e. The van der Waals surface area contributed by atoms with Gasteiger partial charge in [0.25, 0.3) is 0 Å². The average Bonchev–Trinajstić information content (AvgIpc) is 2.72. The Hall–Kier alpha value is -1.81. The SMILES string of the molecule is CNC(C)(C)C(=O)N(C)c1c(C)[nH]c2ccccc12. The van der Waals surface area contributed by atoms with Crippen LogP contribution in [-0.4, -0.2) is 30.5 Å². The zero-order chi connectivity index (χ0) is 14.2. The molecular weight excluding hydrogens is 238 g/mol. The van der Waals surface area contributed by atoms with Gasteiger partial charge in [-0.25, -0.2) is 0 Å². The van der Waals surface area contributed by atoms with E-state index in [-0.39, 0.29) is 5.91 Å². The summed E-state index contributed by atoms with van der Waals surface area (Å²) in [6.07, 6.45) is 0. The molecule has 0 saturated carbocycles. The number of likely N-dealkylation sites (N-methyl/N-ethyl adjacent to an activating group) is 2. The van der Waals surface area contributed by atoms with Crippen molar-refractivity contribution >= 4 is 22.5 Å². The summed E-state index contributed by atoms with van der Waals surface area (Å²) >= 11 is 0. The summed E-state index contributed by atoms with van der Waals surface area (Å²) in [7, 11) is 3.62. The van der Waals surface area contributed by atoms with Gasteiger partial charge in [0.15, 0.2) is 0 Å². The van der Waals surface area contributed by atoms with Crippen molar-refractivity contribution in [1.82, 2.24) is 10.3 Å². The first kappa shape index (κ1) is 13.6. The Balaban J connectivity index is 2.50. The van der Waals surface area contributed by atoms with Gasteiger partial charge in [0, 0.05) is 23.6 Å². The topological polar surface area (TPSA) is 48.1 Å². The lowest BCUT2D eigenvalue weighted by Crippen LogP contribution is -2.51. The number of carbonyl (C=O) groups excluding carboxylic acids is 1. The average molecular weight is 259 g/mol. The Morgan fingerprint density at radius 3 is 2.58 bits per heavy atom. The summed E-state index contributed by atoms with van der Waals surface area (Å²) in [6.45, 7) is 5.76. The second-order valence-corrected chi connectivity index (χ2v) is 5.38. The van der Waals surface area contributed by atoms with E-state index >= 15 is 0 Å². The van der Waals surface area contributed by atoms with Gasteiger partial charge < -0.3 is 15.2 Å². The van der Waals surface area contributed by atoms with E-state index < -0.39 is 5.54 Å². The van der Waals surface area contributed by atoms with Crippen molar-refractivity contribution in [2.75, 3.05) is 19.0 Å². The molecule has 4 heteroatoms. The van der Waals surface area contributed by atoms with Gasteiger partial charge in [0.2, 0.25) is 5.91 Å². The van der Waals surface area contributed by atoms with E-state index in [1.165, 1.54) is 0 Å². The molecule has 4 nitrogen and oxygen atoms in total. The number of aromatic nitrogens is 1. The lowest BCUT2D eigenvalue weighted by atomic mass is 10.0. The van der Waals surface area contributed by atoms with Gasteiger partial charge in [-0.2, -0.15) is 0 Å². The number of carbonyl (C=O) groups is 1. The van der Waals surface area contributed by atoms with Crippen molar-refractivity contribution in [2.24, 2.45) is 0 Å². The van der Waals surface area contributed by atoms with Gasteiger partial charge in [-0.3, -0.25) is 4.79 Å². The third kappa shape index (κ3) is 2.24. The predicted octanol–water partition coefficient (Wildman–Crippen LogP) is 2.44. The molecule has 19 heavy (non-hydrogen) atoms. The molecule has 0 spiro atoms. The Morgan fingerprint density at radius 1 is 1.32 bits per heavy atom. The number of fused-ring (bicyclic) bond motifs is 1. The molecule has 1 aromatic heterocycles. The maximum absolute atomic E-state index is 12.5. The second-order valence-electron chi connectivity index (χ2n) is 5.38. The normalized spacial score (nSPS) is 11.8. The second kappa shape index (κ2) is 4.70. The van der Waals surface area contributed by atoms with E-state index in [0.29, 0.717) is 0 Å². The largest absolute Gasteiger partial charge is 0.357 e. The van der Waals surface area contributed by atoms with Crippen LogP contribution in [0.25, 0.3) is 10.9 Å². The van der Waals surface area contributed by atoms with E-state index in [0.717, 1.165) is 22.3 Å². The minimum Gasteiger partial charge on any atom is -0.357 e. The first-order chi connectivity index (χ1) is 8.88. The minimum atomic E-state index is -0.584. The fraction of sp³-hybridized carbons (Fsp3) is 0.400. The third-order valence-corrected chi connectivity index (χ3v) is 3.66. The number of nitrogens with one attached hydrogen (secondary N) is 2. The van der Waals surface area contributed by atoms with Gasteiger partial charge in [-0.15, -0.1) is 0 Å². The Labute approximate surface area is 113 Å². The molecule has 0 aliphatic rings. The number of aromatic amines is 1. The monoisotopic (exact) mass is 259 g/mol. The quantitative estimate of drug-likeness (QED) is 0.889. The molecule has 0 aliphatic carbocycles. The van der Waals surface area contributed by atoms with Crippen molar-refractivity contribution in [3.05, 3.63) is 30.0 Å². The summed E-state index contributed by atoms with van der Waals surface area (Å²) in [5.74, 6) is 0.0443. The van der Waals surface area contributed by atoms with E-state index in [2.05, 4.69) is 10.3 Å². The van der Waals surface area contributed by atoms with Crippen LogP contribution in [0.5, 0.6) is 0 Å². The van der Waals surface area contributed by atoms with E-state index in [1.807, 2.05) is 52.1 Å². The third-order valence-electron chi connectivity index (χ3n) is 3.66. The molecule has 2 aromatic rings. The summed E-state index contributed by atoms with van der Waals surface area (Å²) in [4.78, 5) is 17.6. The maximum atomic E-state index is 12.5. The van der Waals surface area contributed by atoms with Crippen LogP contribution < -0.4 is 10.2 Å². The van der Waals surface area contributed by atoms with Crippen LogP contribution >= 0.6 is 0 Å². The van der Waals surface area contributed by atoms with E-state index in [1.54, 1.807) is 11.9 Å². The summed E-state index contributed by atoms with van der Waals surface area (Å²) in [5, 5.41) is 4.12. The number of amides is 1. The molecule has 1 amide bonds. The van der Waals surface area contributed by atoms with Crippen LogP contribution in [0.2, 0.25) is 0 Å². The fourth-order valence-corrected chi connectivity index (χ4v) is 2.32. The van der Waals surface area contributed by atoms with Gasteiger partial charge in [0.1, 0.15) is 0 Å². The molecule has 2 N–H and O–H groups in total. The van der Waals surface area contributed by atoms with Crippen molar-refractivity contribution in [2.45, 2.75) is 26.3 Å². The number of benzene rings is 1. The number of rotatable bonds is 3. The van der Waals surface area contributed by atoms with Crippen molar-refractivity contribution in [1.29, 1.82) is 0 Å². The highest BCUT2D eigenvalue weighted by atomic mass is 16.2. The van der Waals surface area contributed by atoms with E-state index in [4.69, 9.17) is 0 Å². The summed E-state index contributed by atoms with van der Waals surface area (Å²) < 4.78 is 0. The van der Waals surface area contributed by atoms with E-state index in [9.17, 15) is 4.79 Å². The van der Waals surface area contributed by atoms with Crippen molar-refractivity contribution in [3.63, 3.8) is 0 Å². The summed E-state index contributed by atoms with van der Waals surface area (Å²) in [5.41, 5.74) is 2.42. The standard InChI is InChI=1S/C15H21N3O/c1-10-13(11-8-6-7-9-12(11)17-10)18(5)14(19)15(2,3)16-4/h6-9,16-17H,1-5H3. The zero-order valence-electron chi connectivity index (χ0n) is 12.2. The van der Waals surface area contributed by atoms with Crippen molar-refractivity contribution < 1.29 is 4.79 Å². The molecule has 1 aromatic carbocycles. The molecular formula is C15H21N3O. The molecule has 0 aliphatic heterocycles. The molecule has 2 rings (SSSR count). The highest BCUT2D eigenvalue weighted by molar-refractivity contribution is 6.07. The zero-order valence-corrected chi connectivity index (χ0v) is 12.2. The number of para-hydroxylation sites is 1. The van der Waals surface area contributed by atoms with Crippen LogP contribution in [0, 0.1) is 6.92 Å². The van der Waals surface area contributed by atoms with Crippen LogP contribution in [-0.2, 0) is 4.79 Å². The molecule has 0 fully saturated rings. The number of hydrogen-bond donors (Lipinski definition) is 2. The number of nitrogens with zero attached hydrogens (tertiary/aromatic N) is 1. The number of H-pyrrole nitrogens is 1. The molecule has 102 valence electrons. The van der Waals surface area contributed by atoms with Gasteiger partial charge in [0.05, 0.1) is 11.2 Å². The van der Waals surface area contributed by atoms with Crippen LogP contribution in [0.15, 0.2) is 24.3 Å². The number of anilines is 1. The smallest absolute Gasteiger partial charge is 0.246 e. The first-order valence-electron chi connectivity index (χ1n) is 6.43. The van der Waals surface area contributed by atoms with Gasteiger partial charge >= 0.3 is 0 Å².